The molecule has 0 radical (unpaired) electrons. The Morgan fingerprint density at radius 3 is 0.886 bits per heavy atom. The fourth-order valence-corrected chi connectivity index (χ4v) is 11.8. The zero-order chi connectivity index (χ0) is 52.9. The smallest absolute Gasteiger partial charge is 0.238 e. The largest absolute Gasteiger partial charge is 0.293 e. The van der Waals surface area contributed by atoms with Gasteiger partial charge in [0.25, 0.3) is 0 Å². The number of hydrogen-bond acceptors (Lipinski definition) is 5. The molecule has 10 aromatic carbocycles. The summed E-state index contributed by atoms with van der Waals surface area (Å²) < 4.78 is 6.89. The molecule has 0 aliphatic rings. The lowest BCUT2D eigenvalue weighted by atomic mass is 10.0. The second-order valence-electron chi connectivity index (χ2n) is 20.9. The second-order valence-corrected chi connectivity index (χ2v) is 20.9. The van der Waals surface area contributed by atoms with Crippen LogP contribution >= 0.6 is 0 Å². The fraction of sp³-hybridized carbons (Fsp3) is 0.0563. The quantitative estimate of drug-likeness (QED) is 0.152. The SMILES string of the molecule is Cc1ccc2c(c1)c1cc(C)ccc1n2-c1nc(-n2c3ccc(-c4ccccc4)cc3c3cc(-c4ccccc4)ccc32)nc(-n2c3ccc(C)cc3c3cc(C)ccc32)c1-c1nc(-c2ccccc2)nc(-c2ccccc2)n1. The first-order valence-corrected chi connectivity index (χ1v) is 26.8. The van der Waals surface area contributed by atoms with E-state index < -0.39 is 0 Å². The lowest BCUT2D eigenvalue weighted by Gasteiger charge is -2.20. The standard InChI is InChI=1S/C71H50N8/c1-43-25-31-59-53(37-43)54-38-44(2)26-32-60(54)77(59)69-65(68-73-66(49-21-13-7-14-22-49)72-67(74-68)50-23-15-8-16-24-50)70(78-61-33-27-45(3)39-55(61)56-40-46(4)28-34-62(56)78)76-71(75-69)79-63-35-29-51(47-17-9-5-10-18-47)41-57(63)58-42-52(30-36-64(58)79)48-19-11-6-12-20-48/h5-42H,1-4H3. The zero-order valence-corrected chi connectivity index (χ0v) is 44.0. The summed E-state index contributed by atoms with van der Waals surface area (Å²) in [6.07, 6.45) is 0. The van der Waals surface area contributed by atoms with E-state index in [9.17, 15) is 0 Å². The highest BCUT2D eigenvalue weighted by Crippen LogP contribution is 2.44. The molecule has 374 valence electrons. The van der Waals surface area contributed by atoms with Crippen molar-refractivity contribution in [2.45, 2.75) is 27.7 Å². The van der Waals surface area contributed by atoms with E-state index in [0.717, 1.165) is 98.8 Å². The number of hydrogen-bond donors (Lipinski definition) is 0. The van der Waals surface area contributed by atoms with Gasteiger partial charge in [0.05, 0.1) is 33.1 Å². The van der Waals surface area contributed by atoms with Crippen LogP contribution in [0.5, 0.6) is 0 Å². The summed E-state index contributed by atoms with van der Waals surface area (Å²) in [5, 5.41) is 6.68. The molecule has 15 aromatic rings. The van der Waals surface area contributed by atoms with Crippen LogP contribution in [0, 0.1) is 27.7 Å². The average Bonchev–Trinajstić information content (AvgIpc) is 4.17. The van der Waals surface area contributed by atoms with Crippen molar-refractivity contribution < 1.29 is 0 Å². The topological polar surface area (TPSA) is 79.2 Å². The molecule has 0 N–H and O–H groups in total. The summed E-state index contributed by atoms with van der Waals surface area (Å²) in [6.45, 7) is 8.64. The molecule has 0 amide bonds. The van der Waals surface area contributed by atoms with Crippen LogP contribution < -0.4 is 0 Å². The van der Waals surface area contributed by atoms with Gasteiger partial charge in [-0.3, -0.25) is 13.7 Å². The van der Waals surface area contributed by atoms with Crippen molar-refractivity contribution in [1.29, 1.82) is 0 Å². The van der Waals surface area contributed by atoms with Gasteiger partial charge in [-0.25, -0.2) is 15.0 Å². The number of aryl methyl sites for hydroxylation is 4. The van der Waals surface area contributed by atoms with Gasteiger partial charge in [-0.15, -0.1) is 0 Å². The van der Waals surface area contributed by atoms with E-state index in [1.165, 1.54) is 22.3 Å². The highest BCUT2D eigenvalue weighted by atomic mass is 15.2. The van der Waals surface area contributed by atoms with Crippen molar-refractivity contribution in [3.63, 3.8) is 0 Å². The van der Waals surface area contributed by atoms with Gasteiger partial charge >= 0.3 is 0 Å². The molecule has 15 rings (SSSR count). The monoisotopic (exact) mass is 1010 g/mol. The van der Waals surface area contributed by atoms with Gasteiger partial charge in [0.2, 0.25) is 5.95 Å². The minimum Gasteiger partial charge on any atom is -0.293 e. The normalized spacial score (nSPS) is 11.8. The predicted octanol–water partition coefficient (Wildman–Crippen LogP) is 17.5. The van der Waals surface area contributed by atoms with Crippen molar-refractivity contribution in [2.75, 3.05) is 0 Å². The third-order valence-corrected chi connectivity index (χ3v) is 15.5. The van der Waals surface area contributed by atoms with Crippen LogP contribution in [0.2, 0.25) is 0 Å². The van der Waals surface area contributed by atoms with Crippen molar-refractivity contribution in [3.8, 4) is 74.0 Å². The first-order chi connectivity index (χ1) is 38.8. The number of benzene rings is 10. The van der Waals surface area contributed by atoms with Crippen LogP contribution in [0.4, 0.5) is 0 Å². The maximum absolute atomic E-state index is 6.01. The van der Waals surface area contributed by atoms with Gasteiger partial charge in [-0.1, -0.05) is 180 Å². The molecular formula is C71H50N8. The van der Waals surface area contributed by atoms with E-state index in [2.05, 4.69) is 236 Å². The highest BCUT2D eigenvalue weighted by Gasteiger charge is 2.30. The van der Waals surface area contributed by atoms with Crippen LogP contribution in [0.15, 0.2) is 231 Å². The molecule has 0 fully saturated rings. The molecule has 0 saturated carbocycles. The Bertz CT molecular complexity index is 4500. The summed E-state index contributed by atoms with van der Waals surface area (Å²) in [4.78, 5) is 28.3. The van der Waals surface area contributed by atoms with Gasteiger partial charge in [-0.2, -0.15) is 9.97 Å². The molecule has 5 heterocycles. The summed E-state index contributed by atoms with van der Waals surface area (Å²) in [5.74, 6) is 3.27. The average molecular weight is 1020 g/mol. The maximum atomic E-state index is 6.01. The molecule has 0 saturated heterocycles. The van der Waals surface area contributed by atoms with E-state index in [-0.39, 0.29) is 0 Å². The molecule has 0 aliphatic carbocycles. The van der Waals surface area contributed by atoms with E-state index in [0.29, 0.717) is 40.6 Å². The van der Waals surface area contributed by atoms with Crippen LogP contribution in [0.1, 0.15) is 22.3 Å². The predicted molar refractivity (Wildman–Crippen MR) is 325 cm³/mol. The number of nitrogens with zero attached hydrogens (tertiary/aromatic N) is 8. The summed E-state index contributed by atoms with van der Waals surface area (Å²) in [7, 11) is 0. The third-order valence-electron chi connectivity index (χ3n) is 15.5. The minimum absolute atomic E-state index is 0.440. The Hall–Kier alpha value is -10.3. The van der Waals surface area contributed by atoms with Crippen molar-refractivity contribution in [1.82, 2.24) is 38.6 Å². The molecule has 0 bridgehead atoms. The summed E-state index contributed by atoms with van der Waals surface area (Å²) in [5.41, 5.74) is 17.5. The first-order valence-electron chi connectivity index (χ1n) is 26.8. The van der Waals surface area contributed by atoms with Crippen molar-refractivity contribution in [3.05, 3.63) is 253 Å². The minimum atomic E-state index is 0.440. The van der Waals surface area contributed by atoms with E-state index in [1.807, 2.05) is 36.4 Å². The Labute approximate surface area is 456 Å². The van der Waals surface area contributed by atoms with Gasteiger partial charge in [0, 0.05) is 43.4 Å². The van der Waals surface area contributed by atoms with Crippen LogP contribution in [0.3, 0.4) is 0 Å². The van der Waals surface area contributed by atoms with Crippen molar-refractivity contribution >= 4 is 65.4 Å². The Kier molecular flexibility index (Phi) is 10.6. The van der Waals surface area contributed by atoms with E-state index in [1.54, 1.807) is 0 Å². The van der Waals surface area contributed by atoms with Crippen LogP contribution in [-0.4, -0.2) is 38.6 Å². The van der Waals surface area contributed by atoms with Crippen molar-refractivity contribution in [2.24, 2.45) is 0 Å². The van der Waals surface area contributed by atoms with E-state index >= 15 is 0 Å². The number of fused-ring (bicyclic) bond motifs is 9. The maximum Gasteiger partial charge on any atom is 0.238 e. The molecule has 79 heavy (non-hydrogen) atoms. The molecule has 8 heteroatoms. The first kappa shape index (κ1) is 46.0. The molecule has 5 aromatic heterocycles. The van der Waals surface area contributed by atoms with Gasteiger partial charge in [0.1, 0.15) is 5.56 Å². The zero-order valence-electron chi connectivity index (χ0n) is 44.0. The molecule has 0 spiro atoms. The second kappa shape index (κ2) is 18.2. The number of aromatic nitrogens is 8. The summed E-state index contributed by atoms with van der Waals surface area (Å²) >= 11 is 0. The Morgan fingerprint density at radius 2 is 0.532 bits per heavy atom. The number of rotatable bonds is 8. The fourth-order valence-electron chi connectivity index (χ4n) is 11.8. The van der Waals surface area contributed by atoms with Gasteiger partial charge < -0.3 is 0 Å². The van der Waals surface area contributed by atoms with E-state index in [4.69, 9.17) is 24.9 Å². The lowest BCUT2D eigenvalue weighted by molar-refractivity contribution is 0.914. The van der Waals surface area contributed by atoms with Gasteiger partial charge in [0.15, 0.2) is 29.1 Å². The highest BCUT2D eigenvalue weighted by molar-refractivity contribution is 6.14. The van der Waals surface area contributed by atoms with Crippen LogP contribution in [-0.2, 0) is 0 Å². The molecule has 0 aliphatic heterocycles. The molecule has 0 atom stereocenters. The van der Waals surface area contributed by atoms with Gasteiger partial charge in [-0.05, 0) is 123 Å². The van der Waals surface area contributed by atoms with Crippen LogP contribution in [0.25, 0.3) is 139 Å². The molecular weight excluding hydrogens is 965 g/mol. The summed E-state index contributed by atoms with van der Waals surface area (Å²) in [6, 6.07) is 82.0. The Morgan fingerprint density at radius 1 is 0.241 bits per heavy atom. The molecule has 8 nitrogen and oxygen atoms in total. The Balaban J connectivity index is 1.15. The lowest BCUT2D eigenvalue weighted by Crippen LogP contribution is -2.14. The third kappa shape index (κ3) is 7.63. The molecule has 0 unspecified atom stereocenters.